The van der Waals surface area contributed by atoms with Crippen LogP contribution < -0.4 is 0 Å². The molecule has 268 valence electrons. The van der Waals surface area contributed by atoms with Gasteiger partial charge in [0.05, 0.1) is 20.9 Å². The first kappa shape index (κ1) is 36.6. The van der Waals surface area contributed by atoms with E-state index in [-0.39, 0.29) is 42.6 Å². The van der Waals surface area contributed by atoms with Crippen LogP contribution in [0.4, 0.5) is 0 Å². The first-order chi connectivity index (χ1) is 23.7. The van der Waals surface area contributed by atoms with Gasteiger partial charge in [0.15, 0.2) is 0 Å². The lowest BCUT2D eigenvalue weighted by atomic mass is 9.61. The Hall–Kier alpha value is -4.23. The number of aromatic carboxylic acids is 2. The fraction of sp³-hybridized carbons (Fsp3) is 0.409. The summed E-state index contributed by atoms with van der Waals surface area (Å²) in [6, 6.07) is 21.1. The van der Waals surface area contributed by atoms with Gasteiger partial charge in [-0.2, -0.15) is 0 Å². The van der Waals surface area contributed by atoms with Crippen molar-refractivity contribution < 1.29 is 28.2 Å². The number of fused-ring (bicyclic) bond motifs is 2. The molecule has 0 saturated heterocycles. The van der Waals surface area contributed by atoms with E-state index in [4.69, 9.17) is 0 Å². The molecule has 0 unspecified atom stereocenters. The maximum Gasteiger partial charge on any atom is 0.335 e. The molecule has 2 aliphatic carbocycles. The van der Waals surface area contributed by atoms with E-state index >= 15 is 8.42 Å². The first-order valence-corrected chi connectivity index (χ1v) is 19.4. The van der Waals surface area contributed by atoms with Crippen molar-refractivity contribution in [1.29, 1.82) is 0 Å². The van der Waals surface area contributed by atoms with Gasteiger partial charge in [-0.05, 0) is 141 Å². The smallest absolute Gasteiger partial charge is 0.335 e. The van der Waals surface area contributed by atoms with Gasteiger partial charge in [0, 0.05) is 0 Å². The van der Waals surface area contributed by atoms with E-state index in [9.17, 15) is 19.8 Å². The quantitative estimate of drug-likeness (QED) is 0.189. The standard InChI is InChI=1S/C44H50O6S/c1-41(2)21-23-43(5,6)37-31(25-27-9-13-29(14-10-27)39(45)46)35(19-17-33(37)41)51(49,50)36-20-18-34-38(44(7,8)24-22-42(34,3)4)32(36)26-28-11-15-30(16-12-28)40(47)48/h9-20H,21-26H2,1-8H3,(H,45,46)(H,47,48). The summed E-state index contributed by atoms with van der Waals surface area (Å²) in [5.41, 5.74) is 7.15. The molecule has 0 heterocycles. The van der Waals surface area contributed by atoms with Crippen LogP contribution in [0.15, 0.2) is 82.6 Å². The van der Waals surface area contributed by atoms with Crippen molar-refractivity contribution in [1.82, 2.24) is 0 Å². The Bertz CT molecular complexity index is 2000. The fourth-order valence-corrected chi connectivity index (χ4v) is 10.3. The van der Waals surface area contributed by atoms with Crippen LogP contribution >= 0.6 is 0 Å². The molecule has 0 aliphatic heterocycles. The van der Waals surface area contributed by atoms with Crippen LogP contribution in [0.5, 0.6) is 0 Å². The molecule has 0 fully saturated rings. The second-order valence-corrected chi connectivity index (χ2v) is 19.2. The molecular weight excluding hydrogens is 657 g/mol. The summed E-state index contributed by atoms with van der Waals surface area (Å²) in [7, 11) is -4.11. The van der Waals surface area contributed by atoms with E-state index in [1.165, 1.54) is 0 Å². The first-order valence-electron chi connectivity index (χ1n) is 17.9. The van der Waals surface area contributed by atoms with Crippen molar-refractivity contribution in [2.45, 2.75) is 125 Å². The second kappa shape index (κ2) is 12.5. The van der Waals surface area contributed by atoms with E-state index < -0.39 is 21.8 Å². The highest BCUT2D eigenvalue weighted by Gasteiger charge is 2.43. The molecule has 0 amide bonds. The van der Waals surface area contributed by atoms with Crippen LogP contribution in [0.1, 0.15) is 146 Å². The Morgan fingerprint density at radius 2 is 0.824 bits per heavy atom. The van der Waals surface area contributed by atoms with E-state index in [2.05, 4.69) is 55.4 Å². The van der Waals surface area contributed by atoms with Gasteiger partial charge in [0.25, 0.3) is 0 Å². The van der Waals surface area contributed by atoms with E-state index in [1.807, 2.05) is 12.1 Å². The Labute approximate surface area is 302 Å². The minimum Gasteiger partial charge on any atom is -0.478 e. The number of carbonyl (C=O) groups is 2. The van der Waals surface area contributed by atoms with Crippen LogP contribution in [0.2, 0.25) is 0 Å². The minimum atomic E-state index is -4.11. The van der Waals surface area contributed by atoms with Crippen molar-refractivity contribution >= 4 is 21.8 Å². The third-order valence-electron chi connectivity index (χ3n) is 11.8. The number of carboxylic acid groups (broad SMARTS) is 2. The van der Waals surface area contributed by atoms with Crippen LogP contribution in [-0.2, 0) is 44.3 Å². The van der Waals surface area contributed by atoms with Crippen LogP contribution in [0.3, 0.4) is 0 Å². The molecule has 4 aromatic rings. The normalized spacial score (nSPS) is 18.4. The zero-order chi connectivity index (χ0) is 37.3. The maximum atomic E-state index is 15.5. The number of rotatable bonds is 8. The molecule has 2 aliphatic rings. The Kier molecular flexibility index (Phi) is 8.94. The third kappa shape index (κ3) is 6.54. The van der Waals surface area contributed by atoms with Gasteiger partial charge in [-0.25, -0.2) is 18.0 Å². The molecule has 4 aromatic carbocycles. The molecule has 51 heavy (non-hydrogen) atoms. The van der Waals surface area contributed by atoms with Gasteiger partial charge in [-0.1, -0.05) is 91.8 Å². The van der Waals surface area contributed by atoms with Crippen LogP contribution in [0.25, 0.3) is 0 Å². The summed E-state index contributed by atoms with van der Waals surface area (Å²) >= 11 is 0. The molecule has 0 saturated carbocycles. The van der Waals surface area contributed by atoms with Crippen LogP contribution in [-0.4, -0.2) is 30.6 Å². The molecule has 0 aromatic heterocycles. The lowest BCUT2D eigenvalue weighted by Gasteiger charge is -2.44. The number of hydrogen-bond donors (Lipinski definition) is 2. The number of carboxylic acids is 2. The van der Waals surface area contributed by atoms with Gasteiger partial charge in [0.2, 0.25) is 9.84 Å². The Balaban J connectivity index is 1.63. The van der Waals surface area contributed by atoms with E-state index in [0.29, 0.717) is 12.8 Å². The molecular formula is C44H50O6S. The largest absolute Gasteiger partial charge is 0.478 e. The van der Waals surface area contributed by atoms with Crippen molar-refractivity contribution in [3.8, 4) is 0 Å². The SMILES string of the molecule is CC1(C)CCC(C)(C)c2c1ccc(S(=O)(=O)c1ccc3c(c1Cc1ccc(C(=O)O)cc1)C(C)(C)CCC3(C)C)c2Cc1ccc(C(=O)O)cc1. The zero-order valence-electron chi connectivity index (χ0n) is 31.1. The van der Waals surface area contributed by atoms with Gasteiger partial charge >= 0.3 is 11.9 Å². The second-order valence-electron chi connectivity index (χ2n) is 17.3. The fourth-order valence-electron chi connectivity index (χ4n) is 8.61. The van der Waals surface area contributed by atoms with Gasteiger partial charge in [-0.3, -0.25) is 0 Å². The molecule has 0 bridgehead atoms. The van der Waals surface area contributed by atoms with Crippen molar-refractivity contribution in [3.63, 3.8) is 0 Å². The topological polar surface area (TPSA) is 109 Å². The van der Waals surface area contributed by atoms with E-state index in [0.717, 1.165) is 70.2 Å². The molecule has 2 N–H and O–H groups in total. The lowest BCUT2D eigenvalue weighted by Crippen LogP contribution is -2.36. The maximum absolute atomic E-state index is 15.5. The summed E-state index contributed by atoms with van der Waals surface area (Å²) in [5, 5.41) is 19.1. The third-order valence-corrected chi connectivity index (χ3v) is 13.8. The predicted molar refractivity (Wildman–Crippen MR) is 201 cm³/mol. The molecule has 0 radical (unpaired) electrons. The summed E-state index contributed by atoms with van der Waals surface area (Å²) in [5.74, 6) is -2.01. The lowest BCUT2D eigenvalue weighted by molar-refractivity contribution is 0.0686. The Morgan fingerprint density at radius 1 is 0.510 bits per heavy atom. The molecule has 0 spiro atoms. The van der Waals surface area contributed by atoms with Crippen LogP contribution in [0, 0.1) is 0 Å². The van der Waals surface area contributed by atoms with Crippen molar-refractivity contribution in [2.24, 2.45) is 0 Å². The van der Waals surface area contributed by atoms with Gasteiger partial charge in [0.1, 0.15) is 0 Å². The molecule has 0 atom stereocenters. The average molecular weight is 707 g/mol. The summed E-state index contributed by atoms with van der Waals surface area (Å²) < 4.78 is 31.0. The van der Waals surface area contributed by atoms with E-state index in [1.54, 1.807) is 60.7 Å². The Morgan fingerprint density at radius 3 is 1.14 bits per heavy atom. The predicted octanol–water partition coefficient (Wildman–Crippen LogP) is 9.80. The number of benzene rings is 4. The monoisotopic (exact) mass is 706 g/mol. The molecule has 7 heteroatoms. The highest BCUT2D eigenvalue weighted by Crippen LogP contribution is 2.52. The summed E-state index contributed by atoms with van der Waals surface area (Å²) in [4.78, 5) is 23.9. The highest BCUT2D eigenvalue weighted by atomic mass is 32.2. The highest BCUT2D eigenvalue weighted by molar-refractivity contribution is 7.91. The van der Waals surface area contributed by atoms with Gasteiger partial charge in [-0.15, -0.1) is 0 Å². The number of hydrogen-bond acceptors (Lipinski definition) is 4. The summed E-state index contributed by atoms with van der Waals surface area (Å²) in [6.45, 7) is 17.7. The average Bonchev–Trinajstić information content (AvgIpc) is 3.05. The number of sulfone groups is 1. The minimum absolute atomic E-state index is 0.149. The zero-order valence-corrected chi connectivity index (χ0v) is 31.9. The molecule has 6 rings (SSSR count). The van der Waals surface area contributed by atoms with Crippen molar-refractivity contribution in [3.05, 3.63) is 128 Å². The molecule has 6 nitrogen and oxygen atoms in total. The summed E-state index contributed by atoms with van der Waals surface area (Å²) in [6.07, 6.45) is 4.44. The van der Waals surface area contributed by atoms with Crippen molar-refractivity contribution in [2.75, 3.05) is 0 Å². The van der Waals surface area contributed by atoms with Gasteiger partial charge < -0.3 is 10.2 Å².